The quantitative estimate of drug-likeness (QED) is 0.566. The summed E-state index contributed by atoms with van der Waals surface area (Å²) in [6, 6.07) is 7.50. The molecule has 0 spiro atoms. The van der Waals surface area contributed by atoms with E-state index in [4.69, 9.17) is 9.47 Å². The fourth-order valence-corrected chi connectivity index (χ4v) is 3.33. The number of hydrogen-bond donors (Lipinski definition) is 4. The van der Waals surface area contributed by atoms with Crippen molar-refractivity contribution >= 4 is 11.6 Å². The van der Waals surface area contributed by atoms with Crippen LogP contribution in [-0.4, -0.2) is 41.9 Å². The van der Waals surface area contributed by atoms with Gasteiger partial charge in [-0.15, -0.1) is 0 Å². The van der Waals surface area contributed by atoms with E-state index in [1.54, 1.807) is 12.1 Å². The van der Waals surface area contributed by atoms with Crippen LogP contribution in [0.25, 0.3) is 0 Å². The van der Waals surface area contributed by atoms with E-state index in [1.807, 2.05) is 13.8 Å². The lowest BCUT2D eigenvalue weighted by Crippen LogP contribution is -2.43. The third-order valence-electron chi connectivity index (χ3n) is 4.72. The number of methoxy groups -OCH3 is 1. The molecule has 0 aromatic heterocycles. The van der Waals surface area contributed by atoms with Crippen LogP contribution in [0.2, 0.25) is 0 Å². The van der Waals surface area contributed by atoms with Crippen molar-refractivity contribution in [3.05, 3.63) is 47.3 Å². The first-order valence-corrected chi connectivity index (χ1v) is 9.23. The number of phenols is 1. The lowest BCUT2D eigenvalue weighted by molar-refractivity contribution is -0.118. The van der Waals surface area contributed by atoms with Crippen molar-refractivity contribution in [1.29, 1.82) is 0 Å². The van der Waals surface area contributed by atoms with Crippen LogP contribution in [0.3, 0.4) is 0 Å². The van der Waals surface area contributed by atoms with Crippen molar-refractivity contribution in [1.82, 2.24) is 5.32 Å². The number of aromatic hydroxyl groups is 1. The molecular formula is C21H25FN2O5. The van der Waals surface area contributed by atoms with Crippen LogP contribution >= 0.6 is 0 Å². The molecule has 1 amide bonds. The monoisotopic (exact) mass is 404 g/mol. The van der Waals surface area contributed by atoms with Gasteiger partial charge in [-0.3, -0.25) is 4.79 Å². The molecule has 156 valence electrons. The summed E-state index contributed by atoms with van der Waals surface area (Å²) in [4.78, 5) is 11.5. The predicted molar refractivity (Wildman–Crippen MR) is 106 cm³/mol. The van der Waals surface area contributed by atoms with E-state index in [0.29, 0.717) is 23.4 Å². The number of aliphatic hydroxyl groups is 1. The molecule has 7 nitrogen and oxygen atoms in total. The van der Waals surface area contributed by atoms with Gasteiger partial charge in [0.25, 0.3) is 5.91 Å². The number of anilines is 1. The summed E-state index contributed by atoms with van der Waals surface area (Å²) in [7, 11) is 1.42. The number of benzene rings is 2. The number of nitrogens with one attached hydrogen (secondary N) is 2. The number of phenolic OH excluding ortho intramolecular Hbond substituents is 1. The Labute approximate surface area is 168 Å². The summed E-state index contributed by atoms with van der Waals surface area (Å²) in [5.41, 5.74) is 1.17. The number of carbonyl (C=O) groups is 1. The minimum atomic E-state index is -0.979. The van der Waals surface area contributed by atoms with Gasteiger partial charge >= 0.3 is 0 Å². The van der Waals surface area contributed by atoms with Crippen molar-refractivity contribution in [3.63, 3.8) is 0 Å². The zero-order valence-electron chi connectivity index (χ0n) is 16.6. The summed E-state index contributed by atoms with van der Waals surface area (Å²) >= 11 is 0. The van der Waals surface area contributed by atoms with Crippen LogP contribution in [0.4, 0.5) is 10.1 Å². The zero-order chi connectivity index (χ0) is 21.2. The third-order valence-corrected chi connectivity index (χ3v) is 4.72. The number of hydrogen-bond acceptors (Lipinski definition) is 6. The molecule has 1 aliphatic rings. The highest BCUT2D eigenvalue weighted by Gasteiger charge is 2.26. The number of halogens is 1. The maximum atomic E-state index is 13.6. The van der Waals surface area contributed by atoms with Gasteiger partial charge in [0.2, 0.25) is 0 Å². The number of β-amino-alcohol motifs (C(OH)–C–C–N with tert-alkyl or cyclic N) is 1. The molecule has 2 aromatic carbocycles. The Morgan fingerprint density at radius 3 is 2.83 bits per heavy atom. The Balaban J connectivity index is 1.70. The summed E-state index contributed by atoms with van der Waals surface area (Å²) in [5, 5.41) is 26.5. The molecule has 0 bridgehead atoms. The van der Waals surface area contributed by atoms with Gasteiger partial charge in [-0.05, 0) is 44.0 Å². The van der Waals surface area contributed by atoms with Crippen LogP contribution < -0.4 is 20.1 Å². The molecule has 29 heavy (non-hydrogen) atoms. The van der Waals surface area contributed by atoms with Crippen LogP contribution in [0.5, 0.6) is 17.2 Å². The van der Waals surface area contributed by atoms with Crippen molar-refractivity contribution in [2.24, 2.45) is 0 Å². The van der Waals surface area contributed by atoms with Gasteiger partial charge in [-0.1, -0.05) is 6.07 Å². The molecule has 8 heteroatoms. The highest BCUT2D eigenvalue weighted by atomic mass is 19.1. The fourth-order valence-electron chi connectivity index (χ4n) is 3.33. The normalized spacial score (nSPS) is 14.6. The van der Waals surface area contributed by atoms with E-state index in [9.17, 15) is 19.4 Å². The molecule has 1 atom stereocenters. The first-order valence-electron chi connectivity index (χ1n) is 9.23. The van der Waals surface area contributed by atoms with Crippen molar-refractivity contribution in [2.45, 2.75) is 31.9 Å². The largest absolute Gasteiger partial charge is 0.508 e. The van der Waals surface area contributed by atoms with Crippen molar-refractivity contribution in [2.75, 3.05) is 25.6 Å². The number of aliphatic hydroxyl groups excluding tert-OH is 1. The molecule has 1 heterocycles. The lowest BCUT2D eigenvalue weighted by Gasteiger charge is -2.29. The second kappa shape index (κ2) is 8.26. The maximum absolute atomic E-state index is 13.6. The van der Waals surface area contributed by atoms with Gasteiger partial charge in [0.1, 0.15) is 11.5 Å². The average Bonchev–Trinajstić information content (AvgIpc) is 2.66. The van der Waals surface area contributed by atoms with Crippen LogP contribution in [0.15, 0.2) is 30.3 Å². The summed E-state index contributed by atoms with van der Waals surface area (Å²) in [5.74, 6) is -0.293. The topological polar surface area (TPSA) is 100 Å². The van der Waals surface area contributed by atoms with Crippen LogP contribution in [-0.2, 0) is 11.2 Å². The predicted octanol–water partition coefficient (Wildman–Crippen LogP) is 2.52. The Morgan fingerprint density at radius 1 is 1.34 bits per heavy atom. The first kappa shape index (κ1) is 20.9. The van der Waals surface area contributed by atoms with Crippen molar-refractivity contribution in [3.8, 4) is 17.2 Å². The molecule has 1 aliphatic heterocycles. The minimum absolute atomic E-state index is 0.0822. The van der Waals surface area contributed by atoms with Gasteiger partial charge in [-0.2, -0.15) is 0 Å². The second-order valence-corrected chi connectivity index (χ2v) is 7.67. The summed E-state index contributed by atoms with van der Waals surface area (Å²) < 4.78 is 24.1. The zero-order valence-corrected chi connectivity index (χ0v) is 16.6. The molecule has 3 rings (SSSR count). The highest BCUT2D eigenvalue weighted by Crippen LogP contribution is 2.38. The Morgan fingerprint density at radius 2 is 2.10 bits per heavy atom. The van der Waals surface area contributed by atoms with E-state index >= 15 is 0 Å². The third kappa shape index (κ3) is 4.96. The molecule has 0 radical (unpaired) electrons. The maximum Gasteiger partial charge on any atom is 0.262 e. The van der Waals surface area contributed by atoms with E-state index in [2.05, 4.69) is 10.6 Å². The Hall–Kier alpha value is -2.84. The molecule has 0 fully saturated rings. The highest BCUT2D eigenvalue weighted by molar-refractivity contribution is 5.96. The number of amides is 1. The lowest BCUT2D eigenvalue weighted by atomic mass is 9.94. The van der Waals surface area contributed by atoms with Crippen molar-refractivity contribution < 1.29 is 28.9 Å². The standard InChI is InChI=1S/C21H25FN2O5/c1-21(2,9-12-4-5-15(22)18(6-12)28-3)23-10-17(26)14-7-13(25)8-16-20(14)29-11-19(27)24-16/h4-8,17,23,25-26H,9-11H2,1-3H3,(H,24,27). The first-order chi connectivity index (χ1) is 13.7. The smallest absolute Gasteiger partial charge is 0.262 e. The molecule has 1 unspecified atom stereocenters. The van der Waals surface area contributed by atoms with Crippen LogP contribution in [0.1, 0.15) is 31.1 Å². The van der Waals surface area contributed by atoms with E-state index < -0.39 is 17.5 Å². The van der Waals surface area contributed by atoms with Gasteiger partial charge in [0.15, 0.2) is 18.2 Å². The Kier molecular flexibility index (Phi) is 5.95. The Bertz CT molecular complexity index is 916. The van der Waals surface area contributed by atoms with Crippen LogP contribution in [0, 0.1) is 5.82 Å². The molecule has 0 saturated carbocycles. The van der Waals surface area contributed by atoms with Gasteiger partial charge in [0.05, 0.1) is 18.9 Å². The SMILES string of the molecule is COc1cc(CC(C)(C)NCC(O)c2cc(O)cc3c2OCC(=O)N3)ccc1F. The minimum Gasteiger partial charge on any atom is -0.508 e. The molecular weight excluding hydrogens is 379 g/mol. The summed E-state index contributed by atoms with van der Waals surface area (Å²) in [6.07, 6.45) is -0.408. The van der Waals surface area contributed by atoms with Gasteiger partial charge in [0, 0.05) is 23.7 Å². The molecule has 0 aliphatic carbocycles. The number of rotatable bonds is 7. The molecule has 4 N–H and O–H groups in total. The fraction of sp³-hybridized carbons (Fsp3) is 0.381. The van der Waals surface area contributed by atoms with Gasteiger partial charge < -0.3 is 30.3 Å². The number of ether oxygens (including phenoxy) is 2. The van der Waals surface area contributed by atoms with Gasteiger partial charge in [-0.25, -0.2) is 4.39 Å². The molecule has 0 saturated heterocycles. The molecule has 2 aromatic rings. The average molecular weight is 404 g/mol. The summed E-state index contributed by atoms with van der Waals surface area (Å²) in [6.45, 7) is 3.95. The number of fused-ring (bicyclic) bond motifs is 1. The number of carbonyl (C=O) groups excluding carboxylic acids is 1. The van der Waals surface area contributed by atoms with E-state index in [1.165, 1.54) is 25.3 Å². The second-order valence-electron chi connectivity index (χ2n) is 7.67. The van der Waals surface area contributed by atoms with E-state index in [0.717, 1.165) is 5.56 Å². The van der Waals surface area contributed by atoms with E-state index in [-0.39, 0.29) is 30.6 Å².